The van der Waals surface area contributed by atoms with Gasteiger partial charge in [-0.05, 0) is 6.07 Å². The first-order valence-electron chi connectivity index (χ1n) is 3.57. The molecule has 0 bridgehead atoms. The molecule has 0 aliphatic carbocycles. The Hall–Kier alpha value is -1.07. The maximum Gasteiger partial charge on any atom is 0.161 e. The molecule has 72 valence electrons. The highest BCUT2D eigenvalue weighted by Crippen LogP contribution is 2.18. The van der Waals surface area contributed by atoms with Crippen LogP contribution < -0.4 is 5.73 Å². The SMILES string of the molecule is NC(CO)c1cc(F)c(F)cc1F. The number of halogens is 3. The summed E-state index contributed by atoms with van der Waals surface area (Å²) in [5.41, 5.74) is 5.00. The molecule has 0 aromatic heterocycles. The Kier molecular flexibility index (Phi) is 2.90. The molecule has 0 spiro atoms. The van der Waals surface area contributed by atoms with E-state index in [1.165, 1.54) is 0 Å². The fourth-order valence-electron chi connectivity index (χ4n) is 0.920. The minimum Gasteiger partial charge on any atom is -0.394 e. The van der Waals surface area contributed by atoms with Gasteiger partial charge in [-0.15, -0.1) is 0 Å². The van der Waals surface area contributed by atoms with Crippen molar-refractivity contribution in [3.05, 3.63) is 35.1 Å². The number of hydrogen-bond acceptors (Lipinski definition) is 2. The Morgan fingerprint density at radius 1 is 1.15 bits per heavy atom. The zero-order valence-corrected chi connectivity index (χ0v) is 6.60. The lowest BCUT2D eigenvalue weighted by molar-refractivity contribution is 0.264. The van der Waals surface area contributed by atoms with Gasteiger partial charge in [-0.2, -0.15) is 0 Å². The zero-order chi connectivity index (χ0) is 10.0. The van der Waals surface area contributed by atoms with E-state index in [-0.39, 0.29) is 5.56 Å². The highest BCUT2D eigenvalue weighted by Gasteiger charge is 2.14. The van der Waals surface area contributed by atoms with Crippen LogP contribution in [-0.2, 0) is 0 Å². The van der Waals surface area contributed by atoms with Gasteiger partial charge in [-0.25, -0.2) is 13.2 Å². The average molecular weight is 191 g/mol. The third-order valence-electron chi connectivity index (χ3n) is 1.64. The van der Waals surface area contributed by atoms with Crippen molar-refractivity contribution in [2.24, 2.45) is 5.73 Å². The van der Waals surface area contributed by atoms with E-state index in [2.05, 4.69) is 0 Å². The first-order valence-corrected chi connectivity index (χ1v) is 3.57. The molecule has 0 aliphatic rings. The summed E-state index contributed by atoms with van der Waals surface area (Å²) >= 11 is 0. The second-order valence-corrected chi connectivity index (χ2v) is 2.58. The molecule has 0 saturated heterocycles. The molecule has 1 aromatic carbocycles. The van der Waals surface area contributed by atoms with Crippen molar-refractivity contribution in [2.45, 2.75) is 6.04 Å². The first-order chi connectivity index (χ1) is 6.06. The van der Waals surface area contributed by atoms with E-state index in [1.807, 2.05) is 0 Å². The summed E-state index contributed by atoms with van der Waals surface area (Å²) in [5, 5.41) is 8.56. The molecule has 0 aliphatic heterocycles. The Labute approximate surface area is 72.8 Å². The Morgan fingerprint density at radius 2 is 1.69 bits per heavy atom. The van der Waals surface area contributed by atoms with Crippen LogP contribution in [0.1, 0.15) is 11.6 Å². The molecule has 0 saturated carbocycles. The maximum absolute atomic E-state index is 12.9. The molecule has 2 nitrogen and oxygen atoms in total. The summed E-state index contributed by atoms with van der Waals surface area (Å²) in [5.74, 6) is -3.41. The molecule has 1 unspecified atom stereocenters. The van der Waals surface area contributed by atoms with Gasteiger partial charge in [-0.1, -0.05) is 0 Å². The minimum atomic E-state index is -1.27. The standard InChI is InChI=1S/C8H8F3NO/c9-5-2-7(11)6(10)1-4(5)8(12)3-13/h1-2,8,13H,3,12H2. The normalized spacial score (nSPS) is 13.0. The van der Waals surface area contributed by atoms with Gasteiger partial charge in [0.2, 0.25) is 0 Å². The predicted molar refractivity (Wildman–Crippen MR) is 40.3 cm³/mol. The lowest BCUT2D eigenvalue weighted by Crippen LogP contribution is -2.16. The number of hydrogen-bond donors (Lipinski definition) is 2. The predicted octanol–water partition coefficient (Wildman–Crippen LogP) is 1.10. The first kappa shape index (κ1) is 10.0. The summed E-state index contributed by atoms with van der Waals surface area (Å²) in [6.45, 7) is -0.526. The van der Waals surface area contributed by atoms with Crippen LogP contribution in [0.5, 0.6) is 0 Å². The Balaban J connectivity index is 3.15. The molecule has 13 heavy (non-hydrogen) atoms. The monoisotopic (exact) mass is 191 g/mol. The van der Waals surface area contributed by atoms with Gasteiger partial charge in [0.15, 0.2) is 11.6 Å². The molecule has 0 amide bonds. The zero-order valence-electron chi connectivity index (χ0n) is 6.60. The number of aliphatic hydroxyl groups excluding tert-OH is 1. The van der Waals surface area contributed by atoms with E-state index in [4.69, 9.17) is 10.8 Å². The van der Waals surface area contributed by atoms with Gasteiger partial charge in [0.1, 0.15) is 5.82 Å². The van der Waals surface area contributed by atoms with Crippen molar-refractivity contribution < 1.29 is 18.3 Å². The Morgan fingerprint density at radius 3 is 2.23 bits per heavy atom. The molecule has 0 fully saturated rings. The third-order valence-corrected chi connectivity index (χ3v) is 1.64. The van der Waals surface area contributed by atoms with Crippen LogP contribution >= 0.6 is 0 Å². The lowest BCUT2D eigenvalue weighted by Gasteiger charge is -2.09. The molecule has 0 radical (unpaired) electrons. The van der Waals surface area contributed by atoms with Gasteiger partial charge in [0, 0.05) is 11.6 Å². The summed E-state index contributed by atoms with van der Waals surface area (Å²) in [6.07, 6.45) is 0. The summed E-state index contributed by atoms with van der Waals surface area (Å²) in [6, 6.07) is 0.0150. The summed E-state index contributed by atoms with van der Waals surface area (Å²) in [4.78, 5) is 0. The number of benzene rings is 1. The molecule has 1 aromatic rings. The quantitative estimate of drug-likeness (QED) is 0.687. The molecule has 0 heterocycles. The lowest BCUT2D eigenvalue weighted by atomic mass is 10.1. The van der Waals surface area contributed by atoms with Crippen LogP contribution in [0.15, 0.2) is 12.1 Å². The largest absolute Gasteiger partial charge is 0.394 e. The van der Waals surface area contributed by atoms with E-state index >= 15 is 0 Å². The van der Waals surface area contributed by atoms with Crippen molar-refractivity contribution in [3.8, 4) is 0 Å². The fourth-order valence-corrected chi connectivity index (χ4v) is 0.920. The topological polar surface area (TPSA) is 46.2 Å². The van der Waals surface area contributed by atoms with Crippen LogP contribution in [-0.4, -0.2) is 11.7 Å². The van der Waals surface area contributed by atoms with Crippen LogP contribution in [0.4, 0.5) is 13.2 Å². The second-order valence-electron chi connectivity index (χ2n) is 2.58. The van der Waals surface area contributed by atoms with Gasteiger partial charge in [0.25, 0.3) is 0 Å². The minimum absolute atomic E-state index is 0.235. The van der Waals surface area contributed by atoms with Crippen molar-refractivity contribution in [1.82, 2.24) is 0 Å². The van der Waals surface area contributed by atoms with E-state index in [0.717, 1.165) is 0 Å². The molecule has 3 N–H and O–H groups in total. The van der Waals surface area contributed by atoms with Crippen molar-refractivity contribution in [3.63, 3.8) is 0 Å². The average Bonchev–Trinajstić information content (AvgIpc) is 2.10. The molecule has 1 atom stereocenters. The van der Waals surface area contributed by atoms with Crippen LogP contribution in [0.25, 0.3) is 0 Å². The molecule has 1 rings (SSSR count). The van der Waals surface area contributed by atoms with Gasteiger partial charge >= 0.3 is 0 Å². The van der Waals surface area contributed by atoms with Gasteiger partial charge < -0.3 is 10.8 Å². The number of aliphatic hydroxyl groups is 1. The van der Waals surface area contributed by atoms with E-state index in [0.29, 0.717) is 12.1 Å². The highest BCUT2D eigenvalue weighted by molar-refractivity contribution is 5.23. The van der Waals surface area contributed by atoms with Crippen LogP contribution in [0.2, 0.25) is 0 Å². The van der Waals surface area contributed by atoms with Crippen molar-refractivity contribution in [2.75, 3.05) is 6.61 Å². The Bertz CT molecular complexity index is 317. The fraction of sp³-hybridized carbons (Fsp3) is 0.250. The van der Waals surface area contributed by atoms with E-state index in [1.54, 1.807) is 0 Å². The second kappa shape index (κ2) is 3.76. The number of rotatable bonds is 2. The number of nitrogens with two attached hydrogens (primary N) is 1. The molecular weight excluding hydrogens is 183 g/mol. The van der Waals surface area contributed by atoms with E-state index < -0.39 is 30.1 Å². The third kappa shape index (κ3) is 1.99. The van der Waals surface area contributed by atoms with E-state index in [9.17, 15) is 13.2 Å². The van der Waals surface area contributed by atoms with Gasteiger partial charge in [-0.3, -0.25) is 0 Å². The summed E-state index contributed by atoms with van der Waals surface area (Å²) < 4.78 is 37.9. The summed E-state index contributed by atoms with van der Waals surface area (Å²) in [7, 11) is 0. The maximum atomic E-state index is 12.9. The van der Waals surface area contributed by atoms with Crippen molar-refractivity contribution >= 4 is 0 Å². The van der Waals surface area contributed by atoms with Crippen molar-refractivity contribution in [1.29, 1.82) is 0 Å². The van der Waals surface area contributed by atoms with Crippen LogP contribution in [0, 0.1) is 17.5 Å². The smallest absolute Gasteiger partial charge is 0.161 e. The van der Waals surface area contributed by atoms with Crippen LogP contribution in [0.3, 0.4) is 0 Å². The molecular formula is C8H8F3NO. The van der Waals surface area contributed by atoms with Gasteiger partial charge in [0.05, 0.1) is 12.6 Å². The highest BCUT2D eigenvalue weighted by atomic mass is 19.2. The molecule has 5 heteroatoms.